The Hall–Kier alpha value is -1.06. The van der Waals surface area contributed by atoms with Crippen molar-refractivity contribution in [2.24, 2.45) is 5.92 Å². The SMILES string of the molecule is CC[C@H](O)CN(CC1CCNCC1)c1ccccc1. The molecule has 1 atom stereocenters. The van der Waals surface area contributed by atoms with Crippen LogP contribution in [0.4, 0.5) is 5.69 Å². The van der Waals surface area contributed by atoms with Crippen LogP contribution in [0.3, 0.4) is 0 Å². The number of nitrogens with one attached hydrogen (secondary N) is 1. The van der Waals surface area contributed by atoms with Crippen LogP contribution in [0, 0.1) is 5.92 Å². The zero-order valence-corrected chi connectivity index (χ0v) is 11.9. The van der Waals surface area contributed by atoms with Crippen LogP contribution in [0.15, 0.2) is 30.3 Å². The van der Waals surface area contributed by atoms with E-state index in [-0.39, 0.29) is 6.10 Å². The maximum atomic E-state index is 9.97. The van der Waals surface area contributed by atoms with Gasteiger partial charge in [-0.05, 0) is 50.4 Å². The number of aliphatic hydroxyl groups excluding tert-OH is 1. The summed E-state index contributed by atoms with van der Waals surface area (Å²) in [6.45, 7) is 6.10. The molecule has 0 amide bonds. The Kier molecular flexibility index (Phi) is 5.67. The first-order valence-electron chi connectivity index (χ1n) is 7.48. The van der Waals surface area contributed by atoms with Crippen LogP contribution in [-0.2, 0) is 0 Å². The van der Waals surface area contributed by atoms with Gasteiger partial charge < -0.3 is 15.3 Å². The Labute approximate surface area is 116 Å². The van der Waals surface area contributed by atoms with Gasteiger partial charge in [-0.25, -0.2) is 0 Å². The van der Waals surface area contributed by atoms with Crippen LogP contribution in [0.25, 0.3) is 0 Å². The van der Waals surface area contributed by atoms with E-state index >= 15 is 0 Å². The fraction of sp³-hybridized carbons (Fsp3) is 0.625. The fourth-order valence-electron chi connectivity index (χ4n) is 2.68. The molecule has 3 heteroatoms. The van der Waals surface area contributed by atoms with Crippen LogP contribution in [0.2, 0.25) is 0 Å². The molecule has 2 N–H and O–H groups in total. The van der Waals surface area contributed by atoms with E-state index in [4.69, 9.17) is 0 Å². The van der Waals surface area contributed by atoms with E-state index in [1.54, 1.807) is 0 Å². The molecular weight excluding hydrogens is 236 g/mol. The summed E-state index contributed by atoms with van der Waals surface area (Å²) in [6.07, 6.45) is 3.06. The molecule has 0 aliphatic carbocycles. The number of anilines is 1. The largest absolute Gasteiger partial charge is 0.391 e. The summed E-state index contributed by atoms with van der Waals surface area (Å²) in [6, 6.07) is 10.5. The molecule has 0 radical (unpaired) electrons. The lowest BCUT2D eigenvalue weighted by molar-refractivity contribution is 0.173. The second-order valence-corrected chi connectivity index (χ2v) is 5.50. The third-order valence-corrected chi connectivity index (χ3v) is 3.96. The molecular formula is C16H26N2O. The molecule has 1 aliphatic rings. The van der Waals surface area contributed by atoms with Crippen LogP contribution >= 0.6 is 0 Å². The van der Waals surface area contributed by atoms with Gasteiger partial charge in [0.2, 0.25) is 0 Å². The molecule has 0 saturated carbocycles. The Morgan fingerprint density at radius 3 is 2.58 bits per heavy atom. The smallest absolute Gasteiger partial charge is 0.0712 e. The van der Waals surface area contributed by atoms with E-state index in [0.717, 1.165) is 38.5 Å². The van der Waals surface area contributed by atoms with Crippen molar-refractivity contribution in [1.82, 2.24) is 5.32 Å². The number of nitrogens with zero attached hydrogens (tertiary/aromatic N) is 1. The second kappa shape index (κ2) is 7.51. The molecule has 1 aromatic rings. The van der Waals surface area contributed by atoms with Gasteiger partial charge in [0.25, 0.3) is 0 Å². The first kappa shape index (κ1) is 14.4. The van der Waals surface area contributed by atoms with Gasteiger partial charge in [-0.1, -0.05) is 25.1 Å². The van der Waals surface area contributed by atoms with Crippen molar-refractivity contribution >= 4 is 5.69 Å². The van der Waals surface area contributed by atoms with E-state index in [1.807, 2.05) is 13.0 Å². The lowest BCUT2D eigenvalue weighted by atomic mass is 9.97. The predicted octanol–water partition coefficient (Wildman–Crippen LogP) is 2.26. The molecule has 0 bridgehead atoms. The van der Waals surface area contributed by atoms with Gasteiger partial charge in [-0.15, -0.1) is 0 Å². The van der Waals surface area contributed by atoms with Crippen molar-refractivity contribution in [3.63, 3.8) is 0 Å². The number of aliphatic hydroxyl groups is 1. The molecule has 1 fully saturated rings. The average molecular weight is 262 g/mol. The summed E-state index contributed by atoms with van der Waals surface area (Å²) in [4.78, 5) is 2.35. The first-order valence-corrected chi connectivity index (χ1v) is 7.48. The van der Waals surface area contributed by atoms with E-state index < -0.39 is 0 Å². The highest BCUT2D eigenvalue weighted by atomic mass is 16.3. The number of para-hydroxylation sites is 1. The summed E-state index contributed by atoms with van der Waals surface area (Å²) in [7, 11) is 0. The standard InChI is InChI=1S/C16H26N2O/c1-2-16(19)13-18(15-6-4-3-5-7-15)12-14-8-10-17-11-9-14/h3-7,14,16-17,19H,2,8-13H2,1H3/t16-/m0/s1. The highest BCUT2D eigenvalue weighted by molar-refractivity contribution is 5.46. The molecule has 0 spiro atoms. The summed E-state index contributed by atoms with van der Waals surface area (Å²) >= 11 is 0. The minimum absolute atomic E-state index is 0.234. The van der Waals surface area contributed by atoms with Gasteiger partial charge in [0.15, 0.2) is 0 Å². The Balaban J connectivity index is 2.01. The van der Waals surface area contributed by atoms with Gasteiger partial charge in [-0.2, -0.15) is 0 Å². The van der Waals surface area contributed by atoms with Gasteiger partial charge in [0, 0.05) is 18.8 Å². The van der Waals surface area contributed by atoms with E-state index in [2.05, 4.69) is 34.5 Å². The Morgan fingerprint density at radius 2 is 1.95 bits per heavy atom. The van der Waals surface area contributed by atoms with E-state index in [1.165, 1.54) is 18.5 Å². The lowest BCUT2D eigenvalue weighted by Gasteiger charge is -2.33. The summed E-state index contributed by atoms with van der Waals surface area (Å²) in [5.74, 6) is 0.741. The van der Waals surface area contributed by atoms with Crippen LogP contribution < -0.4 is 10.2 Å². The Bertz CT molecular complexity index is 349. The van der Waals surface area contributed by atoms with Gasteiger partial charge in [0.05, 0.1) is 6.10 Å². The van der Waals surface area contributed by atoms with Crippen LogP contribution in [0.5, 0.6) is 0 Å². The first-order chi connectivity index (χ1) is 9.29. The minimum Gasteiger partial charge on any atom is -0.391 e. The molecule has 0 aromatic heterocycles. The fourth-order valence-corrected chi connectivity index (χ4v) is 2.68. The monoisotopic (exact) mass is 262 g/mol. The third-order valence-electron chi connectivity index (χ3n) is 3.96. The maximum Gasteiger partial charge on any atom is 0.0712 e. The summed E-state index contributed by atoms with van der Waals surface area (Å²) in [5.41, 5.74) is 1.23. The Morgan fingerprint density at radius 1 is 1.26 bits per heavy atom. The van der Waals surface area contributed by atoms with Crippen LogP contribution in [0.1, 0.15) is 26.2 Å². The van der Waals surface area contributed by atoms with Gasteiger partial charge in [0.1, 0.15) is 0 Å². The normalized spacial score (nSPS) is 18.2. The second-order valence-electron chi connectivity index (χ2n) is 5.50. The summed E-state index contributed by atoms with van der Waals surface area (Å²) in [5, 5.41) is 13.4. The molecule has 3 nitrogen and oxygen atoms in total. The van der Waals surface area contributed by atoms with Crippen molar-refractivity contribution in [1.29, 1.82) is 0 Å². The maximum absolute atomic E-state index is 9.97. The molecule has 19 heavy (non-hydrogen) atoms. The highest BCUT2D eigenvalue weighted by Gasteiger charge is 2.18. The average Bonchev–Trinajstić information content (AvgIpc) is 2.48. The number of piperidine rings is 1. The third kappa shape index (κ3) is 4.51. The molecule has 1 saturated heterocycles. The molecule has 1 heterocycles. The van der Waals surface area contributed by atoms with Crippen molar-refractivity contribution in [3.05, 3.63) is 30.3 Å². The molecule has 1 aromatic carbocycles. The molecule has 1 aliphatic heterocycles. The number of hydrogen-bond donors (Lipinski definition) is 2. The lowest BCUT2D eigenvalue weighted by Crippen LogP contribution is -2.39. The topological polar surface area (TPSA) is 35.5 Å². The minimum atomic E-state index is -0.234. The summed E-state index contributed by atoms with van der Waals surface area (Å²) < 4.78 is 0. The van der Waals surface area contributed by atoms with Crippen molar-refractivity contribution < 1.29 is 5.11 Å². The molecule has 2 rings (SSSR count). The molecule has 106 valence electrons. The number of benzene rings is 1. The van der Waals surface area contributed by atoms with Crippen molar-refractivity contribution in [2.75, 3.05) is 31.1 Å². The predicted molar refractivity (Wildman–Crippen MR) is 80.5 cm³/mol. The van der Waals surface area contributed by atoms with Crippen molar-refractivity contribution in [3.8, 4) is 0 Å². The quantitative estimate of drug-likeness (QED) is 0.825. The number of rotatable bonds is 6. The van der Waals surface area contributed by atoms with E-state index in [0.29, 0.717) is 0 Å². The van der Waals surface area contributed by atoms with Crippen molar-refractivity contribution in [2.45, 2.75) is 32.3 Å². The highest BCUT2D eigenvalue weighted by Crippen LogP contribution is 2.20. The van der Waals surface area contributed by atoms with E-state index in [9.17, 15) is 5.11 Å². The van der Waals surface area contributed by atoms with Crippen LogP contribution in [-0.4, -0.2) is 37.4 Å². The van der Waals surface area contributed by atoms with Gasteiger partial charge in [-0.3, -0.25) is 0 Å². The zero-order chi connectivity index (χ0) is 13.5. The van der Waals surface area contributed by atoms with Gasteiger partial charge >= 0.3 is 0 Å². The number of hydrogen-bond acceptors (Lipinski definition) is 3. The molecule has 0 unspecified atom stereocenters. The zero-order valence-electron chi connectivity index (χ0n) is 11.9.